The van der Waals surface area contributed by atoms with Gasteiger partial charge in [-0.25, -0.2) is 9.78 Å². The average molecular weight is 291 g/mol. The molecule has 3 N–H and O–H groups in total. The molecule has 0 radical (unpaired) electrons. The van der Waals surface area contributed by atoms with Gasteiger partial charge in [0.25, 0.3) is 0 Å². The zero-order chi connectivity index (χ0) is 14.8. The van der Waals surface area contributed by atoms with Gasteiger partial charge >= 0.3 is 6.09 Å². The van der Waals surface area contributed by atoms with Crippen LogP contribution in [0.5, 0.6) is 0 Å². The highest BCUT2D eigenvalue weighted by molar-refractivity contribution is 7.13. The van der Waals surface area contributed by atoms with Gasteiger partial charge in [0, 0.05) is 16.6 Å². The number of amides is 1. The number of nitrogens with one attached hydrogen (secondary N) is 1. The quantitative estimate of drug-likeness (QED) is 0.883. The number of carbonyl (C=O) groups is 1. The number of carbonyl (C=O) groups excluding carboxylic acids is 1. The molecule has 0 aliphatic carbocycles. The molecule has 1 aromatic heterocycles. The number of thiazole rings is 1. The fourth-order valence-corrected chi connectivity index (χ4v) is 2.14. The molecule has 0 bridgehead atoms. The number of benzene rings is 1. The first-order valence-corrected chi connectivity index (χ1v) is 7.03. The Kier molecular flexibility index (Phi) is 3.94. The van der Waals surface area contributed by atoms with Crippen LogP contribution in [0.1, 0.15) is 20.8 Å². The largest absolute Gasteiger partial charge is 0.444 e. The molecule has 0 spiro atoms. The van der Waals surface area contributed by atoms with Crippen LogP contribution in [0.2, 0.25) is 0 Å². The molecule has 1 heterocycles. The van der Waals surface area contributed by atoms with E-state index >= 15 is 0 Å². The molecule has 106 valence electrons. The fourth-order valence-electron chi connectivity index (χ4n) is 1.57. The Morgan fingerprint density at radius 2 is 1.95 bits per heavy atom. The van der Waals surface area contributed by atoms with E-state index in [1.807, 2.05) is 38.3 Å². The molecule has 2 aromatic rings. The summed E-state index contributed by atoms with van der Waals surface area (Å²) in [6, 6.07) is 7.35. The molecule has 0 saturated carbocycles. The van der Waals surface area contributed by atoms with Gasteiger partial charge in [-0.3, -0.25) is 5.32 Å². The lowest BCUT2D eigenvalue weighted by molar-refractivity contribution is 0.0636. The van der Waals surface area contributed by atoms with Crippen molar-refractivity contribution in [3.8, 4) is 11.3 Å². The van der Waals surface area contributed by atoms with Crippen molar-refractivity contribution in [1.29, 1.82) is 0 Å². The second-order valence-electron chi connectivity index (χ2n) is 5.28. The van der Waals surface area contributed by atoms with E-state index in [9.17, 15) is 4.79 Å². The number of anilines is 2. The number of hydrogen-bond acceptors (Lipinski definition) is 5. The number of ether oxygens (including phenoxy) is 1. The van der Waals surface area contributed by atoms with Crippen molar-refractivity contribution < 1.29 is 9.53 Å². The molecule has 0 saturated heterocycles. The number of aromatic nitrogens is 1. The summed E-state index contributed by atoms with van der Waals surface area (Å²) < 4.78 is 5.18. The minimum atomic E-state index is -0.512. The van der Waals surface area contributed by atoms with Crippen LogP contribution in [0, 0.1) is 0 Å². The van der Waals surface area contributed by atoms with E-state index in [0.29, 0.717) is 10.8 Å². The van der Waals surface area contributed by atoms with Crippen molar-refractivity contribution >= 4 is 28.2 Å². The molecule has 0 fully saturated rings. The van der Waals surface area contributed by atoms with Crippen molar-refractivity contribution in [1.82, 2.24) is 4.98 Å². The molecular formula is C14H17N3O2S. The third-order valence-corrected chi connectivity index (χ3v) is 3.02. The summed E-state index contributed by atoms with van der Waals surface area (Å²) in [5.41, 5.74) is 7.55. The molecule has 5 nitrogen and oxygen atoms in total. The predicted octanol–water partition coefficient (Wildman–Crippen LogP) is 3.74. The summed E-state index contributed by atoms with van der Waals surface area (Å²) in [5.74, 6) is 0. The maximum Gasteiger partial charge on any atom is 0.412 e. The highest BCUT2D eigenvalue weighted by Gasteiger charge is 2.16. The van der Waals surface area contributed by atoms with Crippen LogP contribution in [0.15, 0.2) is 29.6 Å². The van der Waals surface area contributed by atoms with E-state index in [1.165, 1.54) is 11.3 Å². The Hall–Kier alpha value is -2.08. The third kappa shape index (κ3) is 3.96. The molecule has 20 heavy (non-hydrogen) atoms. The van der Waals surface area contributed by atoms with Gasteiger partial charge in [-0.1, -0.05) is 12.1 Å². The first-order valence-electron chi connectivity index (χ1n) is 6.15. The number of nitrogens with two attached hydrogens (primary N) is 1. The van der Waals surface area contributed by atoms with E-state index < -0.39 is 11.7 Å². The lowest BCUT2D eigenvalue weighted by atomic mass is 10.1. The van der Waals surface area contributed by atoms with E-state index in [4.69, 9.17) is 10.5 Å². The number of rotatable bonds is 2. The lowest BCUT2D eigenvalue weighted by Gasteiger charge is -2.19. The van der Waals surface area contributed by atoms with Gasteiger partial charge in [0.2, 0.25) is 0 Å². The first-order chi connectivity index (χ1) is 9.33. The number of hydrogen-bond donors (Lipinski definition) is 2. The summed E-state index contributed by atoms with van der Waals surface area (Å²) in [7, 11) is 0. The highest BCUT2D eigenvalue weighted by Crippen LogP contribution is 2.24. The number of nitrogen functional groups attached to an aromatic ring is 1. The standard InChI is InChI=1S/C14H17N3O2S/c1-14(2,3)19-13(18)16-10-6-4-9(5-7-10)11-8-20-12(15)17-11/h4-8H,1-3H3,(H2,15,17)(H,16,18). The minimum Gasteiger partial charge on any atom is -0.444 e. The van der Waals surface area contributed by atoms with Crippen molar-refractivity contribution in [2.75, 3.05) is 11.1 Å². The average Bonchev–Trinajstić information content (AvgIpc) is 2.74. The minimum absolute atomic E-state index is 0.469. The molecule has 0 aliphatic heterocycles. The Bertz CT molecular complexity index is 600. The van der Waals surface area contributed by atoms with Crippen LogP contribution < -0.4 is 11.1 Å². The van der Waals surface area contributed by atoms with Crippen molar-refractivity contribution in [2.24, 2.45) is 0 Å². The van der Waals surface area contributed by atoms with E-state index in [2.05, 4.69) is 10.3 Å². The highest BCUT2D eigenvalue weighted by atomic mass is 32.1. The Morgan fingerprint density at radius 1 is 1.30 bits per heavy atom. The van der Waals surface area contributed by atoms with Gasteiger partial charge in [0.15, 0.2) is 5.13 Å². The van der Waals surface area contributed by atoms with Gasteiger partial charge in [-0.2, -0.15) is 0 Å². The molecule has 1 amide bonds. The zero-order valence-corrected chi connectivity index (χ0v) is 12.5. The molecule has 2 rings (SSSR count). The lowest BCUT2D eigenvalue weighted by Crippen LogP contribution is -2.27. The van der Waals surface area contributed by atoms with Gasteiger partial charge in [0.1, 0.15) is 5.60 Å². The van der Waals surface area contributed by atoms with Gasteiger partial charge in [-0.05, 0) is 32.9 Å². The summed E-state index contributed by atoms with van der Waals surface area (Å²) in [6.45, 7) is 5.47. The molecule has 0 atom stereocenters. The monoisotopic (exact) mass is 291 g/mol. The Morgan fingerprint density at radius 3 is 2.45 bits per heavy atom. The topological polar surface area (TPSA) is 77.2 Å². The van der Waals surface area contributed by atoms with E-state index in [0.717, 1.165) is 11.3 Å². The summed E-state index contributed by atoms with van der Waals surface area (Å²) >= 11 is 1.40. The van der Waals surface area contributed by atoms with Crippen LogP contribution >= 0.6 is 11.3 Å². The van der Waals surface area contributed by atoms with Crippen LogP contribution in [-0.2, 0) is 4.74 Å². The van der Waals surface area contributed by atoms with Crippen LogP contribution in [-0.4, -0.2) is 16.7 Å². The van der Waals surface area contributed by atoms with Crippen molar-refractivity contribution in [2.45, 2.75) is 26.4 Å². The van der Waals surface area contributed by atoms with E-state index in [1.54, 1.807) is 12.1 Å². The molecule has 0 unspecified atom stereocenters. The second kappa shape index (κ2) is 5.50. The summed E-state index contributed by atoms with van der Waals surface area (Å²) in [5, 5.41) is 5.11. The molecular weight excluding hydrogens is 274 g/mol. The van der Waals surface area contributed by atoms with Crippen molar-refractivity contribution in [3.63, 3.8) is 0 Å². The maximum atomic E-state index is 11.6. The molecule has 1 aromatic carbocycles. The third-order valence-electron chi connectivity index (χ3n) is 2.35. The Balaban J connectivity index is 2.03. The van der Waals surface area contributed by atoms with Gasteiger partial charge < -0.3 is 10.5 Å². The SMILES string of the molecule is CC(C)(C)OC(=O)Nc1ccc(-c2csc(N)n2)cc1. The van der Waals surface area contributed by atoms with E-state index in [-0.39, 0.29) is 0 Å². The smallest absolute Gasteiger partial charge is 0.412 e. The van der Waals surface area contributed by atoms with Crippen molar-refractivity contribution in [3.05, 3.63) is 29.6 Å². The van der Waals surface area contributed by atoms with Crippen LogP contribution in [0.4, 0.5) is 15.6 Å². The predicted molar refractivity (Wildman–Crippen MR) is 81.8 cm³/mol. The molecule has 0 aliphatic rings. The van der Waals surface area contributed by atoms with Crippen LogP contribution in [0.25, 0.3) is 11.3 Å². The Labute approximate surface area is 121 Å². The fraction of sp³-hybridized carbons (Fsp3) is 0.286. The second-order valence-corrected chi connectivity index (χ2v) is 6.16. The van der Waals surface area contributed by atoms with Gasteiger partial charge in [-0.15, -0.1) is 11.3 Å². The van der Waals surface area contributed by atoms with Gasteiger partial charge in [0.05, 0.1) is 5.69 Å². The maximum absolute atomic E-state index is 11.6. The zero-order valence-electron chi connectivity index (χ0n) is 11.6. The van der Waals surface area contributed by atoms with Crippen LogP contribution in [0.3, 0.4) is 0 Å². The first kappa shape index (κ1) is 14.3. The molecule has 6 heteroatoms. The summed E-state index contributed by atoms with van der Waals surface area (Å²) in [6.07, 6.45) is -0.469. The summed E-state index contributed by atoms with van der Waals surface area (Å²) in [4.78, 5) is 15.8. The normalized spacial score (nSPS) is 11.2. The number of nitrogens with zero attached hydrogens (tertiary/aromatic N) is 1.